The fourth-order valence-corrected chi connectivity index (χ4v) is 3.19. The molecule has 1 aliphatic carbocycles. The Morgan fingerprint density at radius 1 is 1.05 bits per heavy atom. The molecule has 2 atom stereocenters. The summed E-state index contributed by atoms with van der Waals surface area (Å²) in [5, 5.41) is 0. The van der Waals surface area contributed by atoms with Gasteiger partial charge in [0.15, 0.2) is 0 Å². The highest BCUT2D eigenvalue weighted by Gasteiger charge is 2.26. The van der Waals surface area contributed by atoms with Crippen molar-refractivity contribution in [3.63, 3.8) is 0 Å². The summed E-state index contributed by atoms with van der Waals surface area (Å²) in [5.41, 5.74) is 6.82. The molecule has 20 heavy (non-hydrogen) atoms. The maximum atomic E-state index is 13.0. The lowest BCUT2D eigenvalue weighted by molar-refractivity contribution is 0.329. The standard InChI is InChI=1S/C17H19FN2/c18-16-9-7-13(8-10-16)17(20-19)15-6-5-12-3-1-2-4-14(12)11-15/h1-4,7-10,15,17,20H,5-6,11,19H2. The van der Waals surface area contributed by atoms with Crippen molar-refractivity contribution >= 4 is 0 Å². The molecule has 3 rings (SSSR count). The maximum absolute atomic E-state index is 13.0. The molecule has 0 amide bonds. The highest BCUT2D eigenvalue weighted by Crippen LogP contribution is 2.33. The third-order valence-corrected chi connectivity index (χ3v) is 4.27. The van der Waals surface area contributed by atoms with Crippen LogP contribution in [0.2, 0.25) is 0 Å². The SMILES string of the molecule is NNC(c1ccc(F)cc1)C1CCc2ccccc2C1. The molecule has 0 heterocycles. The summed E-state index contributed by atoms with van der Waals surface area (Å²) in [5.74, 6) is 5.98. The first kappa shape index (κ1) is 13.3. The zero-order valence-electron chi connectivity index (χ0n) is 11.4. The van der Waals surface area contributed by atoms with Gasteiger partial charge in [0, 0.05) is 6.04 Å². The maximum Gasteiger partial charge on any atom is 0.123 e. The molecular formula is C17H19FN2. The van der Waals surface area contributed by atoms with Gasteiger partial charge < -0.3 is 0 Å². The van der Waals surface area contributed by atoms with Crippen molar-refractivity contribution in [1.82, 2.24) is 5.43 Å². The lowest BCUT2D eigenvalue weighted by Gasteiger charge is -2.31. The number of hydrogen-bond donors (Lipinski definition) is 2. The third kappa shape index (κ3) is 2.60. The molecule has 0 aliphatic heterocycles. The van der Waals surface area contributed by atoms with Crippen molar-refractivity contribution in [3.8, 4) is 0 Å². The minimum absolute atomic E-state index is 0.0731. The van der Waals surface area contributed by atoms with E-state index < -0.39 is 0 Å². The summed E-state index contributed by atoms with van der Waals surface area (Å²) >= 11 is 0. The number of nitrogens with two attached hydrogens (primary N) is 1. The molecule has 0 bridgehead atoms. The summed E-state index contributed by atoms with van der Waals surface area (Å²) < 4.78 is 13.0. The third-order valence-electron chi connectivity index (χ3n) is 4.27. The van der Waals surface area contributed by atoms with Gasteiger partial charge in [0.05, 0.1) is 0 Å². The fraction of sp³-hybridized carbons (Fsp3) is 0.294. The van der Waals surface area contributed by atoms with Crippen LogP contribution in [-0.4, -0.2) is 0 Å². The van der Waals surface area contributed by atoms with Crippen LogP contribution in [0.5, 0.6) is 0 Å². The Kier molecular flexibility index (Phi) is 3.81. The Labute approximate surface area is 118 Å². The molecule has 2 nitrogen and oxygen atoms in total. The van der Waals surface area contributed by atoms with Crippen molar-refractivity contribution in [3.05, 3.63) is 71.0 Å². The molecule has 3 heteroatoms. The summed E-state index contributed by atoms with van der Waals surface area (Å²) in [6, 6.07) is 15.3. The van der Waals surface area contributed by atoms with E-state index in [1.807, 2.05) is 12.1 Å². The van der Waals surface area contributed by atoms with Crippen LogP contribution in [0.15, 0.2) is 48.5 Å². The summed E-state index contributed by atoms with van der Waals surface area (Å²) in [7, 11) is 0. The zero-order valence-corrected chi connectivity index (χ0v) is 11.4. The zero-order chi connectivity index (χ0) is 13.9. The minimum atomic E-state index is -0.210. The van der Waals surface area contributed by atoms with E-state index in [0.717, 1.165) is 24.8 Å². The summed E-state index contributed by atoms with van der Waals surface area (Å²) in [4.78, 5) is 0. The van der Waals surface area contributed by atoms with Crippen molar-refractivity contribution in [2.45, 2.75) is 25.3 Å². The van der Waals surface area contributed by atoms with Gasteiger partial charge in [-0.3, -0.25) is 11.3 Å². The molecule has 0 saturated heterocycles. The average molecular weight is 270 g/mol. The predicted molar refractivity (Wildman–Crippen MR) is 78.4 cm³/mol. The summed E-state index contributed by atoms with van der Waals surface area (Å²) in [6.45, 7) is 0. The molecule has 0 radical (unpaired) electrons. The molecule has 0 fully saturated rings. The molecule has 3 N–H and O–H groups in total. The molecule has 104 valence electrons. The molecule has 0 spiro atoms. The van der Waals surface area contributed by atoms with Crippen LogP contribution in [-0.2, 0) is 12.8 Å². The first-order valence-corrected chi connectivity index (χ1v) is 7.06. The van der Waals surface area contributed by atoms with Crippen LogP contribution in [0.25, 0.3) is 0 Å². The van der Waals surface area contributed by atoms with Gasteiger partial charge in [-0.1, -0.05) is 36.4 Å². The number of rotatable bonds is 3. The van der Waals surface area contributed by atoms with Gasteiger partial charge in [-0.2, -0.15) is 0 Å². The van der Waals surface area contributed by atoms with Crippen LogP contribution >= 0.6 is 0 Å². The first-order valence-electron chi connectivity index (χ1n) is 7.06. The highest BCUT2D eigenvalue weighted by molar-refractivity contribution is 5.31. The van der Waals surface area contributed by atoms with Crippen LogP contribution < -0.4 is 11.3 Å². The number of aryl methyl sites for hydroxylation is 1. The van der Waals surface area contributed by atoms with Crippen LogP contribution in [0.1, 0.15) is 29.2 Å². The molecule has 2 aromatic carbocycles. The smallest absolute Gasteiger partial charge is 0.123 e. The van der Waals surface area contributed by atoms with E-state index in [2.05, 4.69) is 29.7 Å². The molecule has 2 aromatic rings. The second-order valence-corrected chi connectivity index (χ2v) is 5.47. The van der Waals surface area contributed by atoms with E-state index in [4.69, 9.17) is 5.84 Å². The second-order valence-electron chi connectivity index (χ2n) is 5.47. The Morgan fingerprint density at radius 2 is 1.75 bits per heavy atom. The van der Waals surface area contributed by atoms with Crippen LogP contribution in [0.4, 0.5) is 4.39 Å². The Morgan fingerprint density at radius 3 is 2.45 bits per heavy atom. The van der Waals surface area contributed by atoms with E-state index >= 15 is 0 Å². The van der Waals surface area contributed by atoms with Gasteiger partial charge in [0.2, 0.25) is 0 Å². The van der Waals surface area contributed by atoms with E-state index in [9.17, 15) is 4.39 Å². The average Bonchev–Trinajstić information content (AvgIpc) is 2.50. The molecule has 0 aromatic heterocycles. The van der Waals surface area contributed by atoms with E-state index in [-0.39, 0.29) is 11.9 Å². The van der Waals surface area contributed by atoms with Crippen molar-refractivity contribution in [2.24, 2.45) is 11.8 Å². The number of nitrogens with one attached hydrogen (secondary N) is 1. The second kappa shape index (κ2) is 5.73. The lowest BCUT2D eigenvalue weighted by Crippen LogP contribution is -2.36. The Hall–Kier alpha value is -1.71. The van der Waals surface area contributed by atoms with Gasteiger partial charge in [0.1, 0.15) is 5.82 Å². The van der Waals surface area contributed by atoms with Crippen LogP contribution in [0.3, 0.4) is 0 Å². The van der Waals surface area contributed by atoms with E-state index in [1.165, 1.54) is 23.3 Å². The monoisotopic (exact) mass is 270 g/mol. The highest BCUT2D eigenvalue weighted by atomic mass is 19.1. The minimum Gasteiger partial charge on any atom is -0.271 e. The number of hydrazine groups is 1. The number of hydrogen-bond acceptors (Lipinski definition) is 2. The molecule has 1 aliphatic rings. The number of halogens is 1. The Bertz CT molecular complexity index is 580. The van der Waals surface area contributed by atoms with Gasteiger partial charge in [0.25, 0.3) is 0 Å². The number of fused-ring (bicyclic) bond motifs is 1. The number of benzene rings is 2. The van der Waals surface area contributed by atoms with Gasteiger partial charge in [-0.15, -0.1) is 0 Å². The van der Waals surface area contributed by atoms with Crippen molar-refractivity contribution in [1.29, 1.82) is 0 Å². The molecule has 2 unspecified atom stereocenters. The van der Waals surface area contributed by atoms with E-state index in [0.29, 0.717) is 5.92 Å². The summed E-state index contributed by atoms with van der Waals surface area (Å²) in [6.07, 6.45) is 3.20. The van der Waals surface area contributed by atoms with Gasteiger partial charge >= 0.3 is 0 Å². The van der Waals surface area contributed by atoms with Crippen molar-refractivity contribution in [2.75, 3.05) is 0 Å². The van der Waals surface area contributed by atoms with E-state index in [1.54, 1.807) is 0 Å². The largest absolute Gasteiger partial charge is 0.271 e. The predicted octanol–water partition coefficient (Wildman–Crippen LogP) is 3.14. The van der Waals surface area contributed by atoms with Gasteiger partial charge in [-0.05, 0) is 54.0 Å². The topological polar surface area (TPSA) is 38.0 Å². The van der Waals surface area contributed by atoms with Crippen LogP contribution in [0, 0.1) is 11.7 Å². The first-order chi connectivity index (χ1) is 9.78. The normalized spacial score (nSPS) is 19.4. The van der Waals surface area contributed by atoms with Gasteiger partial charge in [-0.25, -0.2) is 4.39 Å². The lowest BCUT2D eigenvalue weighted by atomic mass is 9.78. The molecular weight excluding hydrogens is 251 g/mol. The quantitative estimate of drug-likeness (QED) is 0.664. The fourth-order valence-electron chi connectivity index (χ4n) is 3.19. The molecule has 0 saturated carbocycles. The Balaban J connectivity index is 1.83. The van der Waals surface area contributed by atoms with Crippen molar-refractivity contribution < 1.29 is 4.39 Å².